The summed E-state index contributed by atoms with van der Waals surface area (Å²) < 4.78 is 0. The molecule has 3 nitrogen and oxygen atoms in total. The Hall–Kier alpha value is -0.540. The van der Waals surface area contributed by atoms with Crippen molar-refractivity contribution in [2.24, 2.45) is 0 Å². The maximum atomic E-state index is 11.0. The highest BCUT2D eigenvalue weighted by molar-refractivity contribution is 5.86. The van der Waals surface area contributed by atoms with E-state index in [0.717, 1.165) is 13.0 Å². The largest absolute Gasteiger partial charge is 1.00 e. The van der Waals surface area contributed by atoms with E-state index in [2.05, 4.69) is 13.5 Å². The first kappa shape index (κ1) is 19.8. The van der Waals surface area contributed by atoms with Crippen molar-refractivity contribution in [3.63, 3.8) is 0 Å². The third-order valence-electron chi connectivity index (χ3n) is 2.71. The normalized spacial score (nSPS) is 9.67. The Morgan fingerprint density at radius 3 is 2.06 bits per heavy atom. The molecule has 0 bridgehead atoms. The maximum absolute atomic E-state index is 11.0. The lowest BCUT2D eigenvalue weighted by Gasteiger charge is -2.02. The van der Waals surface area contributed by atoms with Crippen LogP contribution in [0.15, 0.2) is 12.2 Å². The van der Waals surface area contributed by atoms with E-state index in [-0.39, 0.29) is 18.4 Å². The molecule has 4 heteroatoms. The molecular formula is C14H28ClNO2. The lowest BCUT2D eigenvalue weighted by molar-refractivity contribution is -0.871. The van der Waals surface area contributed by atoms with E-state index in [4.69, 9.17) is 4.84 Å². The van der Waals surface area contributed by atoms with Crippen LogP contribution in [-0.4, -0.2) is 12.5 Å². The molecule has 0 rings (SSSR count). The fraction of sp³-hybridized carbons (Fsp3) is 0.786. The molecule has 0 atom stereocenters. The highest BCUT2D eigenvalue weighted by Crippen LogP contribution is 2.07. The first-order chi connectivity index (χ1) is 8.18. The number of carbonyl (C=O) groups excluding carboxylic acids is 1. The topological polar surface area (TPSA) is 42.9 Å². The zero-order valence-corrected chi connectivity index (χ0v) is 12.6. The van der Waals surface area contributed by atoms with Crippen LogP contribution in [0.2, 0.25) is 0 Å². The van der Waals surface area contributed by atoms with Crippen molar-refractivity contribution < 1.29 is 27.5 Å². The minimum Gasteiger partial charge on any atom is -1.00 e. The number of rotatable bonds is 11. The Kier molecular flexibility index (Phi) is 16.0. The zero-order chi connectivity index (χ0) is 12.9. The fourth-order valence-corrected chi connectivity index (χ4v) is 1.60. The van der Waals surface area contributed by atoms with Gasteiger partial charge in [-0.1, -0.05) is 52.0 Å². The van der Waals surface area contributed by atoms with Crippen LogP contribution in [0.25, 0.3) is 0 Å². The van der Waals surface area contributed by atoms with Crippen LogP contribution in [0.4, 0.5) is 0 Å². The van der Waals surface area contributed by atoms with E-state index in [1.54, 1.807) is 12.4 Å². The lowest BCUT2D eigenvalue weighted by atomic mass is 10.1. The van der Waals surface area contributed by atoms with Crippen molar-refractivity contribution in [2.75, 3.05) is 6.54 Å². The molecule has 2 N–H and O–H groups in total. The number of nitrogens with two attached hydrogens (primary N) is 1. The molecule has 0 aromatic heterocycles. The minimum absolute atomic E-state index is 0. The molecule has 0 unspecified atom stereocenters. The molecule has 0 heterocycles. The molecule has 0 spiro atoms. The van der Waals surface area contributed by atoms with Gasteiger partial charge in [0.05, 0.1) is 0 Å². The Balaban J connectivity index is 0. The van der Waals surface area contributed by atoms with Crippen LogP contribution in [0, 0.1) is 0 Å². The number of hydrogen-bond acceptors (Lipinski definition) is 2. The molecule has 0 aliphatic heterocycles. The number of hydroxylamine groups is 1. The smallest absolute Gasteiger partial charge is 0.392 e. The number of carbonyl (C=O) groups is 1. The van der Waals surface area contributed by atoms with Gasteiger partial charge in [-0.2, -0.15) is 5.48 Å². The second kappa shape index (κ2) is 14.5. The summed E-state index contributed by atoms with van der Waals surface area (Å²) >= 11 is 0. The summed E-state index contributed by atoms with van der Waals surface area (Å²) in [5.41, 5.74) is 2.06. The van der Waals surface area contributed by atoms with Crippen molar-refractivity contribution in [3.05, 3.63) is 12.2 Å². The molecule has 0 amide bonds. The summed E-state index contributed by atoms with van der Waals surface area (Å²) in [7, 11) is 0. The predicted molar refractivity (Wildman–Crippen MR) is 70.3 cm³/mol. The SMILES string of the molecule is C=C(C)C(=O)O[NH2+]CCCCCCCCCC.[Cl-]. The quantitative estimate of drug-likeness (QED) is 0.321. The van der Waals surface area contributed by atoms with Gasteiger partial charge in [-0.15, -0.1) is 0 Å². The van der Waals surface area contributed by atoms with Gasteiger partial charge in [0, 0.05) is 12.0 Å². The number of halogens is 1. The Labute approximate surface area is 118 Å². The second-order valence-corrected chi connectivity index (χ2v) is 4.62. The molecule has 0 saturated carbocycles. The van der Waals surface area contributed by atoms with Crippen LogP contribution >= 0.6 is 0 Å². The second-order valence-electron chi connectivity index (χ2n) is 4.62. The first-order valence-corrected chi connectivity index (χ1v) is 6.86. The van der Waals surface area contributed by atoms with E-state index in [9.17, 15) is 4.79 Å². The highest BCUT2D eigenvalue weighted by Gasteiger charge is 2.04. The summed E-state index contributed by atoms with van der Waals surface area (Å²) in [6.07, 6.45) is 10.4. The van der Waals surface area contributed by atoms with Crippen molar-refractivity contribution in [2.45, 2.75) is 65.2 Å². The van der Waals surface area contributed by atoms with Gasteiger partial charge in [-0.25, -0.2) is 4.79 Å². The molecule has 108 valence electrons. The van der Waals surface area contributed by atoms with E-state index < -0.39 is 0 Å². The molecule has 0 aromatic carbocycles. The zero-order valence-electron chi connectivity index (χ0n) is 11.8. The third kappa shape index (κ3) is 13.5. The van der Waals surface area contributed by atoms with E-state index in [1.807, 2.05) is 0 Å². The fourth-order valence-electron chi connectivity index (χ4n) is 1.60. The van der Waals surface area contributed by atoms with Crippen LogP contribution < -0.4 is 17.9 Å². The van der Waals surface area contributed by atoms with Crippen molar-refractivity contribution in [1.29, 1.82) is 0 Å². The van der Waals surface area contributed by atoms with Crippen molar-refractivity contribution in [1.82, 2.24) is 0 Å². The summed E-state index contributed by atoms with van der Waals surface area (Å²) in [5.74, 6) is -0.315. The molecule has 0 aliphatic carbocycles. The third-order valence-corrected chi connectivity index (χ3v) is 2.71. The van der Waals surface area contributed by atoms with E-state index in [1.165, 1.54) is 44.9 Å². The van der Waals surface area contributed by atoms with Gasteiger partial charge in [0.25, 0.3) is 0 Å². The van der Waals surface area contributed by atoms with Gasteiger partial charge in [0.2, 0.25) is 0 Å². The average Bonchev–Trinajstić information content (AvgIpc) is 2.31. The Morgan fingerprint density at radius 1 is 1.06 bits per heavy atom. The van der Waals surface area contributed by atoms with Crippen LogP contribution in [0.1, 0.15) is 65.2 Å². The van der Waals surface area contributed by atoms with Gasteiger partial charge < -0.3 is 12.4 Å². The average molecular weight is 278 g/mol. The molecule has 0 aliphatic rings. The molecule has 18 heavy (non-hydrogen) atoms. The van der Waals surface area contributed by atoms with E-state index in [0.29, 0.717) is 5.57 Å². The lowest BCUT2D eigenvalue weighted by Crippen LogP contribution is -3.00. The predicted octanol–water partition coefficient (Wildman–Crippen LogP) is -0.271. The molecule has 0 saturated heterocycles. The van der Waals surface area contributed by atoms with Gasteiger partial charge in [-0.3, -0.25) is 4.84 Å². The summed E-state index contributed by atoms with van der Waals surface area (Å²) in [4.78, 5) is 15.9. The first-order valence-electron chi connectivity index (χ1n) is 6.86. The molecule has 0 radical (unpaired) electrons. The van der Waals surface area contributed by atoms with Gasteiger partial charge >= 0.3 is 5.97 Å². The van der Waals surface area contributed by atoms with Crippen LogP contribution in [0.5, 0.6) is 0 Å². The standard InChI is InChI=1S/C14H27NO2.ClH/c1-4-5-6-7-8-9-10-11-12-15-17-14(16)13(2)3;/h15H,2,4-12H2,1,3H3;1H. The van der Waals surface area contributed by atoms with Gasteiger partial charge in [0.1, 0.15) is 6.54 Å². The molecule has 0 fully saturated rings. The van der Waals surface area contributed by atoms with Gasteiger partial charge in [0.15, 0.2) is 0 Å². The highest BCUT2D eigenvalue weighted by atomic mass is 35.5. The number of unbranched alkanes of at least 4 members (excludes halogenated alkanes) is 7. The summed E-state index contributed by atoms with van der Waals surface area (Å²) in [6, 6.07) is 0. The van der Waals surface area contributed by atoms with Crippen molar-refractivity contribution >= 4 is 5.97 Å². The van der Waals surface area contributed by atoms with Crippen molar-refractivity contribution in [3.8, 4) is 0 Å². The van der Waals surface area contributed by atoms with E-state index >= 15 is 0 Å². The maximum Gasteiger partial charge on any atom is 0.392 e. The summed E-state index contributed by atoms with van der Waals surface area (Å²) in [6.45, 7) is 8.28. The number of hydrogen-bond donors (Lipinski definition) is 1. The summed E-state index contributed by atoms with van der Waals surface area (Å²) in [5, 5.41) is 0. The molecule has 0 aromatic rings. The minimum atomic E-state index is -0.315. The monoisotopic (exact) mass is 277 g/mol. The Bertz CT molecular complexity index is 220. The van der Waals surface area contributed by atoms with Crippen LogP contribution in [0.3, 0.4) is 0 Å². The van der Waals surface area contributed by atoms with Crippen LogP contribution in [-0.2, 0) is 9.63 Å². The molecular weight excluding hydrogens is 250 g/mol. The Morgan fingerprint density at radius 2 is 1.56 bits per heavy atom. The number of quaternary nitrogens is 1. The van der Waals surface area contributed by atoms with Gasteiger partial charge in [-0.05, 0) is 13.3 Å².